The summed E-state index contributed by atoms with van der Waals surface area (Å²) in [6.07, 6.45) is 5.67. The Labute approximate surface area is 166 Å². The van der Waals surface area contributed by atoms with Crippen LogP contribution in [0.4, 0.5) is 0 Å². The standard InChI is InChI=1S/C21H31N3O4/c1-4-26-13-14-27-12-11-23-10-7-22-20(23)18-5-8-24(9-6-18)21(25)19-15-16(2)17(3)28-19/h7,10,15,18H,4-6,8-9,11-14H2,1-3H3. The fraction of sp³-hybridized carbons (Fsp3) is 0.619. The van der Waals surface area contributed by atoms with Gasteiger partial charge in [0.15, 0.2) is 5.76 Å². The van der Waals surface area contributed by atoms with Gasteiger partial charge in [0, 0.05) is 44.6 Å². The van der Waals surface area contributed by atoms with E-state index >= 15 is 0 Å². The zero-order chi connectivity index (χ0) is 19.9. The van der Waals surface area contributed by atoms with Crippen LogP contribution in [0.3, 0.4) is 0 Å². The van der Waals surface area contributed by atoms with Gasteiger partial charge in [-0.3, -0.25) is 4.79 Å². The zero-order valence-corrected chi connectivity index (χ0v) is 17.1. The minimum atomic E-state index is -0.0132. The largest absolute Gasteiger partial charge is 0.456 e. The van der Waals surface area contributed by atoms with Crippen molar-refractivity contribution in [2.75, 3.05) is 39.5 Å². The van der Waals surface area contributed by atoms with Crippen molar-refractivity contribution in [2.24, 2.45) is 0 Å². The first-order valence-corrected chi connectivity index (χ1v) is 10.1. The van der Waals surface area contributed by atoms with E-state index in [1.165, 1.54) is 0 Å². The van der Waals surface area contributed by atoms with Gasteiger partial charge in [0.2, 0.25) is 0 Å². The van der Waals surface area contributed by atoms with Gasteiger partial charge in [-0.25, -0.2) is 4.98 Å². The quantitative estimate of drug-likeness (QED) is 0.616. The Morgan fingerprint density at radius 1 is 1.21 bits per heavy atom. The van der Waals surface area contributed by atoms with Crippen LogP contribution in [0.25, 0.3) is 0 Å². The molecule has 1 amide bonds. The highest BCUT2D eigenvalue weighted by molar-refractivity contribution is 5.91. The Bertz CT molecular complexity index is 740. The number of furan rings is 1. The van der Waals surface area contributed by atoms with Gasteiger partial charge in [0.1, 0.15) is 11.6 Å². The second-order valence-corrected chi connectivity index (χ2v) is 7.20. The Hall–Kier alpha value is -2.12. The van der Waals surface area contributed by atoms with E-state index in [0.717, 1.165) is 56.2 Å². The third-order valence-electron chi connectivity index (χ3n) is 5.32. The first-order valence-electron chi connectivity index (χ1n) is 10.1. The van der Waals surface area contributed by atoms with E-state index in [2.05, 4.69) is 9.55 Å². The van der Waals surface area contributed by atoms with Crippen LogP contribution in [0.2, 0.25) is 0 Å². The molecule has 0 atom stereocenters. The number of carbonyl (C=O) groups excluding carboxylic acids is 1. The van der Waals surface area contributed by atoms with Crippen LogP contribution in [0, 0.1) is 13.8 Å². The molecular formula is C21H31N3O4. The van der Waals surface area contributed by atoms with Crippen molar-refractivity contribution >= 4 is 5.91 Å². The summed E-state index contributed by atoms with van der Waals surface area (Å²) in [5.41, 5.74) is 1.02. The lowest BCUT2D eigenvalue weighted by molar-refractivity contribution is 0.0492. The van der Waals surface area contributed by atoms with Gasteiger partial charge in [0.25, 0.3) is 5.91 Å². The molecule has 28 heavy (non-hydrogen) atoms. The summed E-state index contributed by atoms with van der Waals surface area (Å²) in [6.45, 7) is 10.7. The molecule has 2 aromatic rings. The third-order valence-corrected chi connectivity index (χ3v) is 5.32. The molecule has 1 saturated heterocycles. The van der Waals surface area contributed by atoms with Crippen molar-refractivity contribution in [3.05, 3.63) is 41.4 Å². The molecule has 1 fully saturated rings. The van der Waals surface area contributed by atoms with Gasteiger partial charge in [-0.2, -0.15) is 0 Å². The minimum Gasteiger partial charge on any atom is -0.456 e. The van der Waals surface area contributed by atoms with Crippen molar-refractivity contribution in [2.45, 2.75) is 46.1 Å². The molecule has 1 aliphatic heterocycles. The average molecular weight is 389 g/mol. The smallest absolute Gasteiger partial charge is 0.289 e. The van der Waals surface area contributed by atoms with Crippen LogP contribution in [0.15, 0.2) is 22.9 Å². The summed E-state index contributed by atoms with van der Waals surface area (Å²) in [5.74, 6) is 2.69. The predicted molar refractivity (Wildman–Crippen MR) is 106 cm³/mol. The Morgan fingerprint density at radius 2 is 1.96 bits per heavy atom. The number of hydrogen-bond acceptors (Lipinski definition) is 5. The monoisotopic (exact) mass is 389 g/mol. The van der Waals surface area contributed by atoms with Crippen LogP contribution in [0.1, 0.15) is 53.4 Å². The van der Waals surface area contributed by atoms with Gasteiger partial charge >= 0.3 is 0 Å². The van der Waals surface area contributed by atoms with Crippen molar-refractivity contribution in [3.63, 3.8) is 0 Å². The molecule has 3 heterocycles. The van der Waals surface area contributed by atoms with E-state index in [-0.39, 0.29) is 5.91 Å². The van der Waals surface area contributed by atoms with E-state index in [1.807, 2.05) is 44.1 Å². The lowest BCUT2D eigenvalue weighted by atomic mass is 9.95. The number of piperidine rings is 1. The molecule has 7 nitrogen and oxygen atoms in total. The lowest BCUT2D eigenvalue weighted by Gasteiger charge is -2.31. The molecule has 0 N–H and O–H groups in total. The summed E-state index contributed by atoms with van der Waals surface area (Å²) < 4.78 is 18.7. The van der Waals surface area contributed by atoms with Crippen LogP contribution in [-0.2, 0) is 16.0 Å². The number of carbonyl (C=O) groups is 1. The molecule has 0 bridgehead atoms. The number of aromatic nitrogens is 2. The summed E-state index contributed by atoms with van der Waals surface area (Å²) in [4.78, 5) is 19.1. The first-order chi connectivity index (χ1) is 13.6. The molecule has 0 saturated carbocycles. The van der Waals surface area contributed by atoms with Crippen LogP contribution >= 0.6 is 0 Å². The Kier molecular flexibility index (Phi) is 7.28. The van der Waals surface area contributed by atoms with Crippen molar-refractivity contribution < 1.29 is 18.7 Å². The predicted octanol–water partition coefficient (Wildman–Crippen LogP) is 3.17. The summed E-state index contributed by atoms with van der Waals surface area (Å²) in [6, 6.07) is 1.84. The molecule has 2 aromatic heterocycles. The summed E-state index contributed by atoms with van der Waals surface area (Å²) in [7, 11) is 0. The molecule has 3 rings (SSSR count). The van der Waals surface area contributed by atoms with Gasteiger partial charge < -0.3 is 23.4 Å². The normalized spacial score (nSPS) is 15.3. The number of likely N-dealkylation sites (tertiary alicyclic amines) is 1. The molecule has 0 aromatic carbocycles. The molecule has 7 heteroatoms. The first kappa shape index (κ1) is 20.6. The molecule has 0 radical (unpaired) electrons. The number of amides is 1. The second kappa shape index (κ2) is 9.89. The van der Waals surface area contributed by atoms with E-state index in [4.69, 9.17) is 13.9 Å². The maximum absolute atomic E-state index is 12.7. The molecule has 154 valence electrons. The number of hydrogen-bond donors (Lipinski definition) is 0. The second-order valence-electron chi connectivity index (χ2n) is 7.20. The van der Waals surface area contributed by atoms with E-state index in [0.29, 0.717) is 31.5 Å². The van der Waals surface area contributed by atoms with Gasteiger partial charge in [-0.15, -0.1) is 0 Å². The molecule has 0 spiro atoms. The SMILES string of the molecule is CCOCCOCCn1ccnc1C1CCN(C(=O)c2cc(C)c(C)o2)CC1. The molecular weight excluding hydrogens is 358 g/mol. The van der Waals surface area contributed by atoms with Crippen molar-refractivity contribution in [3.8, 4) is 0 Å². The highest BCUT2D eigenvalue weighted by atomic mass is 16.5. The van der Waals surface area contributed by atoms with Crippen molar-refractivity contribution in [1.29, 1.82) is 0 Å². The topological polar surface area (TPSA) is 69.7 Å². The third kappa shape index (κ3) is 5.02. The molecule has 0 aliphatic carbocycles. The van der Waals surface area contributed by atoms with E-state index < -0.39 is 0 Å². The highest BCUT2D eigenvalue weighted by Crippen LogP contribution is 2.28. The number of aryl methyl sites for hydroxylation is 2. The highest BCUT2D eigenvalue weighted by Gasteiger charge is 2.28. The summed E-state index contributed by atoms with van der Waals surface area (Å²) in [5, 5.41) is 0. The van der Waals surface area contributed by atoms with Gasteiger partial charge in [-0.1, -0.05) is 0 Å². The molecule has 0 unspecified atom stereocenters. The lowest BCUT2D eigenvalue weighted by Crippen LogP contribution is -2.38. The average Bonchev–Trinajstić information content (AvgIpc) is 3.31. The van der Waals surface area contributed by atoms with Crippen LogP contribution in [0.5, 0.6) is 0 Å². The maximum Gasteiger partial charge on any atom is 0.289 e. The van der Waals surface area contributed by atoms with Gasteiger partial charge in [0.05, 0.1) is 19.8 Å². The van der Waals surface area contributed by atoms with Crippen LogP contribution in [-0.4, -0.2) is 59.9 Å². The minimum absolute atomic E-state index is 0.0132. The molecule has 1 aliphatic rings. The van der Waals surface area contributed by atoms with Gasteiger partial charge in [-0.05, 0) is 45.2 Å². The number of ether oxygens (including phenoxy) is 2. The number of nitrogens with zero attached hydrogens (tertiary/aromatic N) is 3. The number of imidazole rings is 1. The van der Waals surface area contributed by atoms with Crippen molar-refractivity contribution in [1.82, 2.24) is 14.5 Å². The maximum atomic E-state index is 12.7. The van der Waals surface area contributed by atoms with Crippen LogP contribution < -0.4 is 0 Å². The van der Waals surface area contributed by atoms with E-state index in [1.54, 1.807) is 0 Å². The fourth-order valence-electron chi connectivity index (χ4n) is 3.57. The van der Waals surface area contributed by atoms with E-state index in [9.17, 15) is 4.79 Å². The summed E-state index contributed by atoms with van der Waals surface area (Å²) >= 11 is 0. The zero-order valence-electron chi connectivity index (χ0n) is 17.1. The number of rotatable bonds is 9. The Balaban J connectivity index is 1.48. The Morgan fingerprint density at radius 3 is 2.64 bits per heavy atom. The fourth-order valence-corrected chi connectivity index (χ4v) is 3.57.